The molecule has 19 heavy (non-hydrogen) atoms. The second-order valence-corrected chi connectivity index (χ2v) is 3.73. The number of aromatic nitrogens is 3. The number of nitrogens with one attached hydrogen (secondary N) is 2. The van der Waals surface area contributed by atoms with Crippen molar-refractivity contribution in [2.45, 2.75) is 0 Å². The molecule has 0 fully saturated rings. The Hall–Kier alpha value is -2.61. The molecule has 2 rings (SSSR count). The van der Waals surface area contributed by atoms with E-state index in [0.717, 1.165) is 0 Å². The van der Waals surface area contributed by atoms with Crippen molar-refractivity contribution >= 4 is 17.4 Å². The Morgan fingerprint density at radius 3 is 2.79 bits per heavy atom. The van der Waals surface area contributed by atoms with Gasteiger partial charge in [0.15, 0.2) is 5.82 Å². The summed E-state index contributed by atoms with van der Waals surface area (Å²) in [4.78, 5) is 15.9. The van der Waals surface area contributed by atoms with Crippen LogP contribution in [-0.4, -0.2) is 27.8 Å². The summed E-state index contributed by atoms with van der Waals surface area (Å²) in [5.74, 6) is 5.80. The Labute approximate surface area is 109 Å². The second-order valence-electron chi connectivity index (χ2n) is 3.73. The first-order valence-corrected chi connectivity index (χ1v) is 5.46. The van der Waals surface area contributed by atoms with Crippen molar-refractivity contribution in [3.63, 3.8) is 0 Å². The number of hydrogen-bond donors (Lipinski definition) is 3. The highest BCUT2D eigenvalue weighted by atomic mass is 16.5. The van der Waals surface area contributed by atoms with Crippen LogP contribution in [0.1, 0.15) is 10.5 Å². The van der Waals surface area contributed by atoms with Crippen LogP contribution < -0.4 is 21.3 Å². The minimum absolute atomic E-state index is 0.267. The van der Waals surface area contributed by atoms with Crippen LogP contribution in [0.5, 0.6) is 5.88 Å². The number of hydrazine groups is 1. The van der Waals surface area contributed by atoms with Crippen molar-refractivity contribution in [2.75, 3.05) is 17.9 Å². The number of hydrogen-bond acceptors (Lipinski definition) is 6. The van der Waals surface area contributed by atoms with Gasteiger partial charge in [0.2, 0.25) is 5.88 Å². The number of pyridine rings is 1. The number of nitrogens with zero attached hydrogens (tertiary/aromatic N) is 3. The Balaban J connectivity index is 2.11. The summed E-state index contributed by atoms with van der Waals surface area (Å²) in [6.45, 7) is 0. The molecule has 0 bridgehead atoms. The number of rotatable bonds is 4. The highest BCUT2D eigenvalue weighted by Gasteiger charge is 2.11. The Morgan fingerprint density at radius 2 is 2.26 bits per heavy atom. The maximum atomic E-state index is 11.9. The topological polar surface area (TPSA) is 107 Å². The van der Waals surface area contributed by atoms with Crippen LogP contribution in [0.2, 0.25) is 0 Å². The van der Waals surface area contributed by atoms with Gasteiger partial charge >= 0.3 is 0 Å². The third-order valence-electron chi connectivity index (χ3n) is 2.45. The quantitative estimate of drug-likeness (QED) is 0.542. The van der Waals surface area contributed by atoms with Gasteiger partial charge in [-0.1, -0.05) is 0 Å². The Bertz CT molecular complexity index is 577. The highest BCUT2D eigenvalue weighted by molar-refractivity contribution is 6.02. The zero-order chi connectivity index (χ0) is 13.8. The van der Waals surface area contributed by atoms with Gasteiger partial charge in [0.1, 0.15) is 5.69 Å². The van der Waals surface area contributed by atoms with Gasteiger partial charge in [0.25, 0.3) is 5.91 Å². The lowest BCUT2D eigenvalue weighted by Gasteiger charge is -2.02. The van der Waals surface area contributed by atoms with Crippen LogP contribution in [0.4, 0.5) is 11.5 Å². The molecule has 0 saturated heterocycles. The van der Waals surface area contributed by atoms with Crippen LogP contribution in [0.25, 0.3) is 0 Å². The number of carbonyl (C=O) groups is 1. The van der Waals surface area contributed by atoms with Crippen LogP contribution >= 0.6 is 0 Å². The fourth-order valence-corrected chi connectivity index (χ4v) is 1.50. The molecule has 0 saturated carbocycles. The summed E-state index contributed by atoms with van der Waals surface area (Å²) in [5.41, 5.74) is 3.32. The molecule has 0 aromatic carbocycles. The van der Waals surface area contributed by atoms with Gasteiger partial charge in [-0.05, 0) is 12.1 Å². The van der Waals surface area contributed by atoms with E-state index in [1.165, 1.54) is 18.0 Å². The molecule has 0 atom stereocenters. The third-order valence-corrected chi connectivity index (χ3v) is 2.45. The lowest BCUT2D eigenvalue weighted by atomic mass is 10.3. The first-order chi connectivity index (χ1) is 9.13. The van der Waals surface area contributed by atoms with Crippen LogP contribution in [-0.2, 0) is 7.05 Å². The summed E-state index contributed by atoms with van der Waals surface area (Å²) in [6.07, 6.45) is 1.47. The molecule has 2 aromatic heterocycles. The summed E-state index contributed by atoms with van der Waals surface area (Å²) in [6, 6.07) is 4.83. The minimum atomic E-state index is -0.357. The van der Waals surface area contributed by atoms with E-state index < -0.39 is 0 Å². The molecule has 100 valence electrons. The number of methoxy groups -OCH3 is 1. The number of aryl methyl sites for hydroxylation is 1. The van der Waals surface area contributed by atoms with E-state index in [1.807, 2.05) is 0 Å². The molecule has 1 amide bonds. The molecule has 0 aliphatic rings. The first kappa shape index (κ1) is 12.8. The van der Waals surface area contributed by atoms with Crippen LogP contribution in [0.3, 0.4) is 0 Å². The summed E-state index contributed by atoms with van der Waals surface area (Å²) >= 11 is 0. The predicted molar refractivity (Wildman–Crippen MR) is 69.8 cm³/mol. The van der Waals surface area contributed by atoms with Crippen molar-refractivity contribution in [3.05, 3.63) is 30.1 Å². The average Bonchev–Trinajstić information content (AvgIpc) is 2.78. The fraction of sp³-hybridized carbons (Fsp3) is 0.182. The molecule has 8 heteroatoms. The van der Waals surface area contributed by atoms with Crippen molar-refractivity contribution < 1.29 is 9.53 Å². The molecular formula is C11H14N6O2. The molecule has 2 heterocycles. The number of nitrogen functional groups attached to an aromatic ring is 1. The number of carbonyl (C=O) groups excluding carboxylic acids is 1. The molecule has 0 aliphatic heterocycles. The summed E-state index contributed by atoms with van der Waals surface area (Å²) in [7, 11) is 3.25. The smallest absolute Gasteiger partial charge is 0.275 e. The molecule has 0 unspecified atom stereocenters. The van der Waals surface area contributed by atoms with Gasteiger partial charge < -0.3 is 15.5 Å². The molecule has 2 aromatic rings. The maximum absolute atomic E-state index is 11.9. The van der Waals surface area contributed by atoms with Gasteiger partial charge in [0, 0.05) is 13.1 Å². The Kier molecular flexibility index (Phi) is 3.62. The molecular weight excluding hydrogens is 248 g/mol. The molecule has 0 radical (unpaired) electrons. The zero-order valence-electron chi connectivity index (χ0n) is 10.5. The van der Waals surface area contributed by atoms with E-state index in [0.29, 0.717) is 17.4 Å². The average molecular weight is 262 g/mol. The third kappa shape index (κ3) is 2.80. The summed E-state index contributed by atoms with van der Waals surface area (Å²) < 4.78 is 6.57. The SMILES string of the molecule is COc1cc(NC(=O)c2ccc(NN)cn2)nn1C. The Morgan fingerprint density at radius 1 is 1.47 bits per heavy atom. The van der Waals surface area contributed by atoms with Crippen LogP contribution in [0.15, 0.2) is 24.4 Å². The normalized spacial score (nSPS) is 10.1. The fourth-order valence-electron chi connectivity index (χ4n) is 1.50. The van der Waals surface area contributed by atoms with E-state index in [2.05, 4.69) is 20.8 Å². The lowest BCUT2D eigenvalue weighted by molar-refractivity contribution is 0.102. The van der Waals surface area contributed by atoms with E-state index >= 15 is 0 Å². The second kappa shape index (κ2) is 5.36. The maximum Gasteiger partial charge on any atom is 0.275 e. The number of amides is 1. The van der Waals surface area contributed by atoms with Gasteiger partial charge in [-0.3, -0.25) is 10.6 Å². The highest BCUT2D eigenvalue weighted by Crippen LogP contribution is 2.15. The molecule has 0 spiro atoms. The lowest BCUT2D eigenvalue weighted by Crippen LogP contribution is -2.15. The van der Waals surface area contributed by atoms with Crippen molar-refractivity contribution in [3.8, 4) is 5.88 Å². The number of nitrogens with two attached hydrogens (primary N) is 1. The van der Waals surface area contributed by atoms with Gasteiger partial charge in [0.05, 0.1) is 19.0 Å². The van der Waals surface area contributed by atoms with Crippen molar-refractivity contribution in [1.29, 1.82) is 0 Å². The van der Waals surface area contributed by atoms with Gasteiger partial charge in [-0.15, -0.1) is 0 Å². The van der Waals surface area contributed by atoms with Gasteiger partial charge in [-0.2, -0.15) is 5.10 Å². The zero-order valence-corrected chi connectivity index (χ0v) is 10.5. The number of ether oxygens (including phenoxy) is 1. The molecule has 0 aliphatic carbocycles. The largest absolute Gasteiger partial charge is 0.481 e. The van der Waals surface area contributed by atoms with E-state index in [9.17, 15) is 4.79 Å². The minimum Gasteiger partial charge on any atom is -0.481 e. The first-order valence-electron chi connectivity index (χ1n) is 5.46. The number of anilines is 2. The van der Waals surface area contributed by atoms with E-state index in [4.69, 9.17) is 10.6 Å². The molecule has 8 nitrogen and oxygen atoms in total. The standard InChI is InChI=1S/C11H14N6O2/c1-17-10(19-2)5-9(16-17)14-11(18)8-4-3-7(15-12)6-13-8/h3-6,15H,12H2,1-2H3,(H,14,16,18). The van der Waals surface area contributed by atoms with Crippen molar-refractivity contribution in [2.24, 2.45) is 12.9 Å². The van der Waals surface area contributed by atoms with Crippen molar-refractivity contribution in [1.82, 2.24) is 14.8 Å². The van der Waals surface area contributed by atoms with E-state index in [1.54, 1.807) is 25.2 Å². The van der Waals surface area contributed by atoms with E-state index in [-0.39, 0.29) is 11.6 Å². The van der Waals surface area contributed by atoms with Gasteiger partial charge in [-0.25, -0.2) is 9.67 Å². The summed E-state index contributed by atoms with van der Waals surface area (Å²) in [5, 5.41) is 6.71. The molecule has 4 N–H and O–H groups in total. The van der Waals surface area contributed by atoms with Crippen LogP contribution in [0, 0.1) is 0 Å². The monoisotopic (exact) mass is 262 g/mol. The predicted octanol–water partition coefficient (Wildman–Crippen LogP) is 0.362.